The van der Waals surface area contributed by atoms with Crippen LogP contribution in [0.25, 0.3) is 10.8 Å². The molecule has 5 nitrogen and oxygen atoms in total. The molecule has 6 heteroatoms. The Labute approximate surface area is 184 Å². The Bertz CT molecular complexity index is 1150. The molecule has 0 bridgehead atoms. The maximum atomic E-state index is 12.9. The van der Waals surface area contributed by atoms with Crippen molar-refractivity contribution in [3.63, 3.8) is 0 Å². The van der Waals surface area contributed by atoms with Gasteiger partial charge in [-0.2, -0.15) is 4.72 Å². The summed E-state index contributed by atoms with van der Waals surface area (Å²) >= 11 is 0. The second-order valence-electron chi connectivity index (χ2n) is 8.31. The van der Waals surface area contributed by atoms with E-state index in [1.807, 2.05) is 30.3 Å². The molecule has 162 valence electrons. The van der Waals surface area contributed by atoms with Gasteiger partial charge < -0.3 is 4.90 Å². The van der Waals surface area contributed by atoms with Crippen molar-refractivity contribution in [3.05, 3.63) is 78.4 Å². The first-order valence-electron chi connectivity index (χ1n) is 10.8. The molecular formula is C25H28N2O3S. The molecule has 1 amide bonds. The quantitative estimate of drug-likeness (QED) is 0.635. The number of nitrogens with one attached hydrogen (secondary N) is 1. The van der Waals surface area contributed by atoms with Gasteiger partial charge in [0.15, 0.2) is 0 Å². The lowest BCUT2D eigenvalue weighted by Crippen LogP contribution is -2.49. The zero-order chi connectivity index (χ0) is 21.8. The Balaban J connectivity index is 1.35. The number of nitrogens with zero attached hydrogens (tertiary/aromatic N) is 1. The van der Waals surface area contributed by atoms with Crippen LogP contribution in [0.2, 0.25) is 0 Å². The van der Waals surface area contributed by atoms with Crippen molar-refractivity contribution in [3.8, 4) is 0 Å². The summed E-state index contributed by atoms with van der Waals surface area (Å²) in [7, 11) is -3.78. The number of rotatable bonds is 6. The second kappa shape index (κ2) is 9.20. The summed E-state index contributed by atoms with van der Waals surface area (Å²) < 4.78 is 28.3. The molecular weight excluding hydrogens is 408 g/mol. The Kier molecular flexibility index (Phi) is 6.39. The molecule has 1 atom stereocenters. The zero-order valence-corrected chi connectivity index (χ0v) is 18.5. The van der Waals surface area contributed by atoms with Crippen LogP contribution in [0.5, 0.6) is 0 Å². The molecule has 1 aliphatic rings. The summed E-state index contributed by atoms with van der Waals surface area (Å²) in [6.45, 7) is 2.95. The van der Waals surface area contributed by atoms with E-state index in [4.69, 9.17) is 0 Å². The topological polar surface area (TPSA) is 66.5 Å². The third-order valence-corrected chi connectivity index (χ3v) is 7.57. The second-order valence-corrected chi connectivity index (χ2v) is 10.0. The van der Waals surface area contributed by atoms with Crippen LogP contribution >= 0.6 is 0 Å². The highest BCUT2D eigenvalue weighted by Gasteiger charge is 2.29. The van der Waals surface area contributed by atoms with E-state index in [1.165, 1.54) is 5.56 Å². The van der Waals surface area contributed by atoms with Gasteiger partial charge in [-0.15, -0.1) is 0 Å². The van der Waals surface area contributed by atoms with Crippen LogP contribution in [0.4, 0.5) is 0 Å². The molecule has 1 heterocycles. The number of hydrogen-bond acceptors (Lipinski definition) is 3. The SMILES string of the molecule is C[C@H](NS(=O)(=O)c1ccc2ccccc2c1)C(=O)N1CCC(Cc2ccccc2)CC1. The highest BCUT2D eigenvalue weighted by Crippen LogP contribution is 2.23. The van der Waals surface area contributed by atoms with E-state index in [2.05, 4.69) is 29.0 Å². The number of fused-ring (bicyclic) bond motifs is 1. The van der Waals surface area contributed by atoms with Gasteiger partial charge in [-0.05, 0) is 60.6 Å². The zero-order valence-electron chi connectivity index (χ0n) is 17.7. The Morgan fingerprint density at radius 3 is 2.32 bits per heavy atom. The van der Waals surface area contributed by atoms with Gasteiger partial charge >= 0.3 is 0 Å². The summed E-state index contributed by atoms with van der Waals surface area (Å²) in [5.41, 5.74) is 1.32. The highest BCUT2D eigenvalue weighted by atomic mass is 32.2. The van der Waals surface area contributed by atoms with Gasteiger partial charge in [-0.1, -0.05) is 60.7 Å². The lowest BCUT2D eigenvalue weighted by Gasteiger charge is -2.33. The molecule has 0 saturated carbocycles. The summed E-state index contributed by atoms with van der Waals surface area (Å²) in [4.78, 5) is 14.8. The van der Waals surface area contributed by atoms with Gasteiger partial charge in [0, 0.05) is 13.1 Å². The van der Waals surface area contributed by atoms with Gasteiger partial charge in [0.1, 0.15) is 0 Å². The summed E-state index contributed by atoms with van der Waals surface area (Å²) in [6, 6.07) is 22.2. The van der Waals surface area contributed by atoms with Crippen molar-refractivity contribution in [1.82, 2.24) is 9.62 Å². The first-order chi connectivity index (χ1) is 14.9. The number of amides is 1. The van der Waals surface area contributed by atoms with Crippen LogP contribution in [0.15, 0.2) is 77.7 Å². The minimum Gasteiger partial charge on any atom is -0.341 e. The molecule has 1 aliphatic heterocycles. The molecule has 31 heavy (non-hydrogen) atoms. The molecule has 4 rings (SSSR count). The van der Waals surface area contributed by atoms with Gasteiger partial charge in [-0.25, -0.2) is 8.42 Å². The molecule has 1 fully saturated rings. The highest BCUT2D eigenvalue weighted by molar-refractivity contribution is 7.89. The van der Waals surface area contributed by atoms with Gasteiger partial charge in [-0.3, -0.25) is 4.79 Å². The molecule has 0 aromatic heterocycles. The largest absolute Gasteiger partial charge is 0.341 e. The van der Waals surface area contributed by atoms with Crippen molar-refractivity contribution < 1.29 is 13.2 Å². The molecule has 0 unspecified atom stereocenters. The number of piperidine rings is 1. The fraction of sp³-hybridized carbons (Fsp3) is 0.320. The van der Waals surface area contributed by atoms with E-state index in [0.29, 0.717) is 19.0 Å². The number of carbonyl (C=O) groups excluding carboxylic acids is 1. The minimum absolute atomic E-state index is 0.164. The molecule has 1 saturated heterocycles. The first kappa shape index (κ1) is 21.5. The van der Waals surface area contributed by atoms with Gasteiger partial charge in [0.05, 0.1) is 10.9 Å². The Morgan fingerprint density at radius 1 is 0.968 bits per heavy atom. The average Bonchev–Trinajstić information content (AvgIpc) is 2.79. The van der Waals surface area contributed by atoms with Crippen molar-refractivity contribution in [2.24, 2.45) is 5.92 Å². The first-order valence-corrected chi connectivity index (χ1v) is 12.2. The van der Waals surface area contributed by atoms with E-state index >= 15 is 0 Å². The van der Waals surface area contributed by atoms with Crippen molar-refractivity contribution in [2.75, 3.05) is 13.1 Å². The number of sulfonamides is 1. The fourth-order valence-electron chi connectivity index (χ4n) is 4.26. The van der Waals surface area contributed by atoms with E-state index in [9.17, 15) is 13.2 Å². The Morgan fingerprint density at radius 2 is 1.61 bits per heavy atom. The standard InChI is InChI=1S/C25H28N2O3S/c1-19(26-31(29,30)24-12-11-22-9-5-6-10-23(22)18-24)25(28)27-15-13-21(14-16-27)17-20-7-3-2-4-8-20/h2-12,18-19,21,26H,13-17H2,1H3/t19-/m0/s1. The van der Waals surface area contributed by atoms with Crippen LogP contribution < -0.4 is 4.72 Å². The normalized spacial score (nSPS) is 16.4. The summed E-state index contributed by atoms with van der Waals surface area (Å²) in [5, 5.41) is 1.83. The number of hydrogen-bond donors (Lipinski definition) is 1. The molecule has 0 aliphatic carbocycles. The van der Waals surface area contributed by atoms with Gasteiger partial charge in [0.2, 0.25) is 15.9 Å². The van der Waals surface area contributed by atoms with E-state index in [1.54, 1.807) is 30.0 Å². The van der Waals surface area contributed by atoms with Crippen LogP contribution in [-0.4, -0.2) is 38.4 Å². The van der Waals surface area contributed by atoms with Gasteiger partial charge in [0.25, 0.3) is 0 Å². The summed E-state index contributed by atoms with van der Waals surface area (Å²) in [5.74, 6) is 0.388. The summed E-state index contributed by atoms with van der Waals surface area (Å²) in [6.07, 6.45) is 2.89. The number of carbonyl (C=O) groups is 1. The molecule has 0 spiro atoms. The molecule has 1 N–H and O–H groups in total. The van der Waals surface area contributed by atoms with E-state index < -0.39 is 16.1 Å². The lowest BCUT2D eigenvalue weighted by molar-refractivity contribution is -0.133. The number of likely N-dealkylation sites (tertiary alicyclic amines) is 1. The minimum atomic E-state index is -3.78. The van der Waals surface area contributed by atoms with Crippen molar-refractivity contribution >= 4 is 26.7 Å². The smallest absolute Gasteiger partial charge is 0.241 e. The average molecular weight is 437 g/mol. The third-order valence-electron chi connectivity index (χ3n) is 6.03. The maximum Gasteiger partial charge on any atom is 0.241 e. The number of benzene rings is 3. The molecule has 0 radical (unpaired) electrons. The maximum absolute atomic E-state index is 12.9. The van der Waals surface area contributed by atoms with Crippen LogP contribution in [0, 0.1) is 5.92 Å². The lowest BCUT2D eigenvalue weighted by atomic mass is 9.90. The fourth-order valence-corrected chi connectivity index (χ4v) is 5.50. The van der Waals surface area contributed by atoms with Crippen molar-refractivity contribution in [1.29, 1.82) is 0 Å². The predicted octanol–water partition coefficient (Wildman–Crippen LogP) is 3.99. The van der Waals surface area contributed by atoms with Crippen LogP contribution in [0.1, 0.15) is 25.3 Å². The van der Waals surface area contributed by atoms with Crippen LogP contribution in [0.3, 0.4) is 0 Å². The van der Waals surface area contributed by atoms with Crippen molar-refractivity contribution in [2.45, 2.75) is 37.1 Å². The molecule has 3 aromatic rings. The van der Waals surface area contributed by atoms with E-state index in [0.717, 1.165) is 30.0 Å². The van der Waals surface area contributed by atoms with E-state index in [-0.39, 0.29) is 10.8 Å². The van der Waals surface area contributed by atoms with Crippen LogP contribution in [-0.2, 0) is 21.2 Å². The monoisotopic (exact) mass is 436 g/mol. The predicted molar refractivity (Wildman–Crippen MR) is 123 cm³/mol. The Hall–Kier alpha value is -2.70. The molecule has 3 aromatic carbocycles. The third kappa shape index (κ3) is 5.14.